The Hall–Kier alpha value is -2.49. The molecule has 100 valence electrons. The lowest BCUT2D eigenvalue weighted by molar-refractivity contribution is 0.612. The second-order valence-corrected chi connectivity index (χ2v) is 4.68. The van der Waals surface area contributed by atoms with Crippen LogP contribution in [0, 0.1) is 5.82 Å². The summed E-state index contributed by atoms with van der Waals surface area (Å²) in [6.07, 6.45) is 0.199. The molecule has 3 nitrogen and oxygen atoms in total. The average molecular weight is 268 g/mol. The Bertz CT molecular complexity index is 839. The lowest BCUT2D eigenvalue weighted by Crippen LogP contribution is -2.23. The molecule has 0 bridgehead atoms. The predicted molar refractivity (Wildman–Crippen MR) is 76.2 cm³/mol. The van der Waals surface area contributed by atoms with E-state index in [2.05, 4.69) is 4.98 Å². The van der Waals surface area contributed by atoms with Crippen LogP contribution >= 0.6 is 0 Å². The van der Waals surface area contributed by atoms with Crippen LogP contribution in [0.3, 0.4) is 0 Å². The van der Waals surface area contributed by atoms with Crippen LogP contribution in [0.25, 0.3) is 11.0 Å². The minimum absolute atomic E-state index is 0.188. The molecule has 0 N–H and O–H groups in total. The second kappa shape index (κ2) is 4.89. The van der Waals surface area contributed by atoms with E-state index in [1.54, 1.807) is 29.8 Å². The fourth-order valence-corrected chi connectivity index (χ4v) is 2.28. The monoisotopic (exact) mass is 268 g/mol. The minimum atomic E-state index is -0.315. The van der Waals surface area contributed by atoms with Gasteiger partial charge in [0.05, 0.1) is 11.0 Å². The largest absolute Gasteiger partial charge is 0.308 e. The summed E-state index contributed by atoms with van der Waals surface area (Å²) in [4.78, 5) is 16.6. The Morgan fingerprint density at radius 2 is 1.80 bits per heavy atom. The van der Waals surface area contributed by atoms with Crippen LogP contribution in [0.2, 0.25) is 0 Å². The number of rotatable bonds is 2. The Balaban J connectivity index is 2.15. The van der Waals surface area contributed by atoms with Crippen molar-refractivity contribution in [3.05, 3.63) is 76.0 Å². The number of halogens is 1. The number of para-hydroxylation sites is 2. The van der Waals surface area contributed by atoms with Gasteiger partial charge in [-0.3, -0.25) is 4.79 Å². The fourth-order valence-electron chi connectivity index (χ4n) is 2.28. The summed E-state index contributed by atoms with van der Waals surface area (Å²) in [5.74, 6) is -0.315. The van der Waals surface area contributed by atoms with Gasteiger partial charge in [-0.25, -0.2) is 9.37 Å². The second-order valence-electron chi connectivity index (χ2n) is 4.68. The highest BCUT2D eigenvalue weighted by atomic mass is 19.1. The summed E-state index contributed by atoms with van der Waals surface area (Å²) < 4.78 is 15.2. The van der Waals surface area contributed by atoms with Crippen LogP contribution in [0.15, 0.2) is 53.3 Å². The lowest BCUT2D eigenvalue weighted by atomic mass is 10.1. The summed E-state index contributed by atoms with van der Waals surface area (Å²) in [5, 5.41) is 0. The van der Waals surface area contributed by atoms with E-state index in [9.17, 15) is 9.18 Å². The lowest BCUT2D eigenvalue weighted by Gasteiger charge is -2.08. The first-order chi connectivity index (χ1) is 9.66. The van der Waals surface area contributed by atoms with E-state index in [0.717, 1.165) is 11.0 Å². The van der Waals surface area contributed by atoms with E-state index in [0.29, 0.717) is 11.3 Å². The molecule has 0 saturated carbocycles. The van der Waals surface area contributed by atoms with Crippen LogP contribution < -0.4 is 5.56 Å². The SMILES string of the molecule is Cn1c(=O)c(Cc2ccccc2F)nc2ccccc21. The van der Waals surface area contributed by atoms with Crippen molar-refractivity contribution in [3.8, 4) is 0 Å². The summed E-state index contributed by atoms with van der Waals surface area (Å²) in [7, 11) is 1.71. The Labute approximate surface area is 115 Å². The molecule has 0 spiro atoms. The van der Waals surface area contributed by atoms with Gasteiger partial charge >= 0.3 is 0 Å². The van der Waals surface area contributed by atoms with Crippen LogP contribution in [0.5, 0.6) is 0 Å². The molecule has 0 saturated heterocycles. The van der Waals surface area contributed by atoms with Gasteiger partial charge < -0.3 is 4.57 Å². The smallest absolute Gasteiger partial charge is 0.272 e. The predicted octanol–water partition coefficient (Wildman–Crippen LogP) is 2.66. The zero-order valence-corrected chi connectivity index (χ0v) is 11.0. The van der Waals surface area contributed by atoms with E-state index in [4.69, 9.17) is 0 Å². The number of benzene rings is 2. The average Bonchev–Trinajstić information content (AvgIpc) is 2.47. The first kappa shape index (κ1) is 12.5. The highest BCUT2D eigenvalue weighted by molar-refractivity contribution is 5.74. The maximum absolute atomic E-state index is 13.7. The van der Waals surface area contributed by atoms with Crippen LogP contribution in [0.1, 0.15) is 11.3 Å². The number of fused-ring (bicyclic) bond motifs is 1. The van der Waals surface area contributed by atoms with E-state index < -0.39 is 0 Å². The standard InChI is InChI=1S/C16H13FN2O/c1-19-15-9-5-4-8-13(15)18-14(16(19)20)10-11-6-2-3-7-12(11)17/h2-9H,10H2,1H3. The number of aromatic nitrogens is 2. The number of nitrogens with zero attached hydrogens (tertiary/aromatic N) is 2. The third kappa shape index (κ3) is 2.09. The normalized spacial score (nSPS) is 10.9. The van der Waals surface area contributed by atoms with Crippen molar-refractivity contribution in [2.75, 3.05) is 0 Å². The van der Waals surface area contributed by atoms with Crippen molar-refractivity contribution >= 4 is 11.0 Å². The van der Waals surface area contributed by atoms with Gasteiger partial charge in [-0.15, -0.1) is 0 Å². The quantitative estimate of drug-likeness (QED) is 0.716. The number of hydrogen-bond donors (Lipinski definition) is 0. The number of hydrogen-bond acceptors (Lipinski definition) is 2. The molecule has 0 radical (unpaired) electrons. The zero-order valence-electron chi connectivity index (χ0n) is 11.0. The van der Waals surface area contributed by atoms with Gasteiger partial charge in [0.25, 0.3) is 5.56 Å². The molecule has 0 amide bonds. The molecular weight excluding hydrogens is 255 g/mol. The van der Waals surface area contributed by atoms with Gasteiger partial charge in [-0.1, -0.05) is 30.3 Å². The Morgan fingerprint density at radius 3 is 2.60 bits per heavy atom. The number of aryl methyl sites for hydroxylation is 1. The minimum Gasteiger partial charge on any atom is -0.308 e. The molecule has 20 heavy (non-hydrogen) atoms. The Kier molecular flexibility index (Phi) is 3.06. The molecule has 0 unspecified atom stereocenters. The molecule has 0 fully saturated rings. The molecule has 0 atom stereocenters. The molecule has 0 aliphatic rings. The molecule has 4 heteroatoms. The molecule has 1 aromatic heterocycles. The van der Waals surface area contributed by atoms with Crippen molar-refractivity contribution in [2.45, 2.75) is 6.42 Å². The fraction of sp³-hybridized carbons (Fsp3) is 0.125. The van der Waals surface area contributed by atoms with Gasteiger partial charge in [0.2, 0.25) is 0 Å². The first-order valence-electron chi connectivity index (χ1n) is 6.35. The molecule has 2 aromatic carbocycles. The maximum atomic E-state index is 13.7. The Morgan fingerprint density at radius 1 is 1.10 bits per heavy atom. The highest BCUT2D eigenvalue weighted by Gasteiger charge is 2.10. The van der Waals surface area contributed by atoms with Crippen molar-refractivity contribution in [3.63, 3.8) is 0 Å². The van der Waals surface area contributed by atoms with Gasteiger partial charge in [-0.2, -0.15) is 0 Å². The third-order valence-corrected chi connectivity index (χ3v) is 3.37. The van der Waals surface area contributed by atoms with E-state index in [1.165, 1.54) is 6.07 Å². The maximum Gasteiger partial charge on any atom is 0.272 e. The molecule has 3 rings (SSSR count). The molecule has 3 aromatic rings. The van der Waals surface area contributed by atoms with Gasteiger partial charge in [0.1, 0.15) is 11.5 Å². The third-order valence-electron chi connectivity index (χ3n) is 3.37. The van der Waals surface area contributed by atoms with Gasteiger partial charge in [0, 0.05) is 13.5 Å². The molecule has 1 heterocycles. The first-order valence-corrected chi connectivity index (χ1v) is 6.35. The summed E-state index contributed by atoms with van der Waals surface area (Å²) in [6.45, 7) is 0. The molecular formula is C16H13FN2O. The van der Waals surface area contributed by atoms with Crippen LogP contribution in [0.4, 0.5) is 4.39 Å². The zero-order chi connectivity index (χ0) is 14.1. The van der Waals surface area contributed by atoms with E-state index in [-0.39, 0.29) is 17.8 Å². The van der Waals surface area contributed by atoms with E-state index in [1.807, 2.05) is 24.3 Å². The van der Waals surface area contributed by atoms with E-state index >= 15 is 0 Å². The topological polar surface area (TPSA) is 34.9 Å². The van der Waals surface area contributed by atoms with Crippen LogP contribution in [-0.4, -0.2) is 9.55 Å². The summed E-state index contributed by atoms with van der Waals surface area (Å²) in [6, 6.07) is 13.9. The summed E-state index contributed by atoms with van der Waals surface area (Å²) in [5.41, 5.74) is 2.16. The van der Waals surface area contributed by atoms with Crippen LogP contribution in [-0.2, 0) is 13.5 Å². The highest BCUT2D eigenvalue weighted by Crippen LogP contribution is 2.13. The van der Waals surface area contributed by atoms with Crippen molar-refractivity contribution < 1.29 is 4.39 Å². The summed E-state index contributed by atoms with van der Waals surface area (Å²) >= 11 is 0. The van der Waals surface area contributed by atoms with Crippen molar-refractivity contribution in [1.29, 1.82) is 0 Å². The molecule has 0 aliphatic heterocycles. The van der Waals surface area contributed by atoms with Gasteiger partial charge in [-0.05, 0) is 23.8 Å². The molecule has 0 aliphatic carbocycles. The van der Waals surface area contributed by atoms with Gasteiger partial charge in [0.15, 0.2) is 0 Å². The van der Waals surface area contributed by atoms with Crippen molar-refractivity contribution in [2.24, 2.45) is 7.05 Å². The van der Waals surface area contributed by atoms with Crippen molar-refractivity contribution in [1.82, 2.24) is 9.55 Å².